The summed E-state index contributed by atoms with van der Waals surface area (Å²) >= 11 is 0. The van der Waals surface area contributed by atoms with Crippen LogP contribution in [0.25, 0.3) is 0 Å². The van der Waals surface area contributed by atoms with Crippen molar-refractivity contribution < 1.29 is 81.4 Å². The summed E-state index contributed by atoms with van der Waals surface area (Å²) in [5.41, 5.74) is 0. The first-order valence-corrected chi connectivity index (χ1v) is 3.99. The molecule has 0 bridgehead atoms. The van der Waals surface area contributed by atoms with Gasteiger partial charge in [-0.2, -0.15) is 0 Å². The van der Waals surface area contributed by atoms with Crippen molar-refractivity contribution >= 4 is 10.4 Å². The van der Waals surface area contributed by atoms with E-state index in [9.17, 15) is 0 Å². The van der Waals surface area contributed by atoms with Gasteiger partial charge >= 0.3 is 59.1 Å². The first kappa shape index (κ1) is 23.6. The summed E-state index contributed by atoms with van der Waals surface area (Å²) in [6.45, 7) is 5.67. The van der Waals surface area contributed by atoms with E-state index < -0.39 is 10.4 Å². The van der Waals surface area contributed by atoms with Crippen molar-refractivity contribution in [1.82, 2.24) is 0 Å². The van der Waals surface area contributed by atoms with E-state index in [1.807, 2.05) is 13.8 Å². The fourth-order valence-corrected chi connectivity index (χ4v) is 0.204. The van der Waals surface area contributed by atoms with Gasteiger partial charge in [-0.05, 0) is 13.8 Å². The van der Waals surface area contributed by atoms with Gasteiger partial charge in [0.05, 0.1) is 0 Å². The maximum Gasteiger partial charge on any atom is 1.00 e. The van der Waals surface area contributed by atoms with Crippen molar-refractivity contribution in [2.24, 2.45) is 0 Å². The summed E-state index contributed by atoms with van der Waals surface area (Å²) in [5, 5.41) is 0. The van der Waals surface area contributed by atoms with Gasteiger partial charge in [0.25, 0.3) is 0 Å². The Kier molecular flexibility index (Phi) is 30.1. The van der Waals surface area contributed by atoms with E-state index in [0.717, 1.165) is 13.2 Å². The predicted octanol–water partition coefficient (Wildman–Crippen LogP) is -6.29. The number of hydrogen-bond donors (Lipinski definition) is 0. The van der Waals surface area contributed by atoms with E-state index in [2.05, 4.69) is 0 Å². The quantitative estimate of drug-likeness (QED) is 0.260. The van der Waals surface area contributed by atoms with Gasteiger partial charge in [-0.25, -0.2) is 0 Å². The summed E-state index contributed by atoms with van der Waals surface area (Å²) in [6.07, 6.45) is 0. The fraction of sp³-hybridized carbons (Fsp3) is 1.00. The molecule has 5 nitrogen and oxygen atoms in total. The van der Waals surface area contributed by atoms with Crippen LogP contribution in [0.2, 0.25) is 0 Å². The second-order valence-electron chi connectivity index (χ2n) is 1.19. The van der Waals surface area contributed by atoms with Crippen LogP contribution < -0.4 is 59.1 Å². The SMILES string of the molecule is CCOCC.O=S(=O)([O-])[O-].[Na+].[Na+]. The van der Waals surface area contributed by atoms with Crippen LogP contribution in [0.3, 0.4) is 0 Å². The van der Waals surface area contributed by atoms with E-state index in [4.69, 9.17) is 22.3 Å². The normalized spacial score (nSPS) is 8.33. The Morgan fingerprint density at radius 3 is 1.25 bits per heavy atom. The van der Waals surface area contributed by atoms with Gasteiger partial charge in [0, 0.05) is 23.6 Å². The summed E-state index contributed by atoms with van der Waals surface area (Å²) in [7, 11) is -5.17. The molecule has 0 aliphatic carbocycles. The van der Waals surface area contributed by atoms with Gasteiger partial charge in [-0.3, -0.25) is 8.42 Å². The maximum atomic E-state index is 8.52. The predicted molar refractivity (Wildman–Crippen MR) is 32.6 cm³/mol. The van der Waals surface area contributed by atoms with Crippen LogP contribution in [0.4, 0.5) is 0 Å². The third kappa shape index (κ3) is 94.6. The third-order valence-electron chi connectivity index (χ3n) is 0.408. The maximum absolute atomic E-state index is 8.52. The molecule has 0 rings (SSSR count). The topological polar surface area (TPSA) is 89.5 Å². The van der Waals surface area contributed by atoms with Gasteiger partial charge in [-0.15, -0.1) is 0 Å². The Morgan fingerprint density at radius 1 is 1.08 bits per heavy atom. The molecule has 0 aromatic heterocycles. The minimum Gasteiger partial charge on any atom is -0.759 e. The Bertz CT molecular complexity index is 136. The molecule has 0 saturated carbocycles. The van der Waals surface area contributed by atoms with Crippen LogP contribution in [0.5, 0.6) is 0 Å². The van der Waals surface area contributed by atoms with Gasteiger partial charge in [0.15, 0.2) is 0 Å². The van der Waals surface area contributed by atoms with Gasteiger partial charge < -0.3 is 13.8 Å². The summed E-state index contributed by atoms with van der Waals surface area (Å²) in [5.74, 6) is 0. The number of ether oxygens (including phenoxy) is 1. The van der Waals surface area contributed by atoms with Gasteiger partial charge in [0.1, 0.15) is 0 Å². The van der Waals surface area contributed by atoms with E-state index in [1.165, 1.54) is 0 Å². The standard InChI is InChI=1S/C4H10O.2Na.H2O4S/c1-3-5-4-2;;;1-5(2,3)4/h3-4H2,1-2H3;;;(H2,1,2,3,4)/q;2*+1;/p-2. The minimum atomic E-state index is -5.17. The molecule has 0 radical (unpaired) electrons. The molecular weight excluding hydrogens is 206 g/mol. The van der Waals surface area contributed by atoms with Crippen LogP contribution in [-0.2, 0) is 15.1 Å². The summed E-state index contributed by atoms with van der Waals surface area (Å²) < 4.78 is 38.9. The van der Waals surface area contributed by atoms with E-state index in [0.29, 0.717) is 0 Å². The first-order chi connectivity index (χ1) is 4.41. The van der Waals surface area contributed by atoms with Gasteiger partial charge in [-0.1, -0.05) is 0 Å². The molecule has 0 fully saturated rings. The smallest absolute Gasteiger partial charge is 0.759 e. The molecule has 0 amide bonds. The molecule has 0 N–H and O–H groups in total. The zero-order valence-corrected chi connectivity index (χ0v) is 12.7. The molecule has 0 heterocycles. The van der Waals surface area contributed by atoms with Crippen LogP contribution in [0.1, 0.15) is 13.8 Å². The first-order valence-electron chi connectivity index (χ1n) is 2.66. The molecule has 0 aromatic carbocycles. The van der Waals surface area contributed by atoms with Crippen LogP contribution in [-0.4, -0.2) is 30.7 Å². The number of rotatable bonds is 2. The Labute approximate surface area is 117 Å². The second-order valence-corrected chi connectivity index (χ2v) is 2.01. The summed E-state index contributed by atoms with van der Waals surface area (Å²) in [6, 6.07) is 0. The molecule has 0 spiro atoms. The Hall–Kier alpha value is 1.83. The van der Waals surface area contributed by atoms with Crippen molar-refractivity contribution in [2.45, 2.75) is 13.8 Å². The molecule has 0 aliphatic heterocycles. The Morgan fingerprint density at radius 2 is 1.25 bits per heavy atom. The monoisotopic (exact) mass is 216 g/mol. The van der Waals surface area contributed by atoms with Crippen molar-refractivity contribution in [1.29, 1.82) is 0 Å². The molecule has 0 saturated heterocycles. The minimum absolute atomic E-state index is 0. The van der Waals surface area contributed by atoms with Crippen LogP contribution in [0.15, 0.2) is 0 Å². The molecule has 12 heavy (non-hydrogen) atoms. The molecule has 8 heteroatoms. The van der Waals surface area contributed by atoms with Gasteiger partial charge in [0.2, 0.25) is 0 Å². The number of hydrogen-bond acceptors (Lipinski definition) is 5. The molecule has 0 aliphatic rings. The third-order valence-corrected chi connectivity index (χ3v) is 0.408. The molecule has 0 unspecified atom stereocenters. The van der Waals surface area contributed by atoms with Crippen molar-refractivity contribution in [3.63, 3.8) is 0 Å². The average molecular weight is 216 g/mol. The zero-order chi connectivity index (χ0) is 8.62. The largest absolute Gasteiger partial charge is 1.00 e. The van der Waals surface area contributed by atoms with E-state index in [-0.39, 0.29) is 59.1 Å². The zero-order valence-electron chi connectivity index (χ0n) is 7.86. The van der Waals surface area contributed by atoms with Crippen LogP contribution >= 0.6 is 0 Å². The average Bonchev–Trinajstić information content (AvgIpc) is 1.63. The van der Waals surface area contributed by atoms with Crippen LogP contribution in [0, 0.1) is 0 Å². The van der Waals surface area contributed by atoms with Crippen molar-refractivity contribution in [2.75, 3.05) is 13.2 Å². The molecule has 0 aromatic rings. The molecule has 0 atom stereocenters. The van der Waals surface area contributed by atoms with E-state index >= 15 is 0 Å². The van der Waals surface area contributed by atoms with Crippen molar-refractivity contribution in [3.05, 3.63) is 0 Å². The molecular formula is C4H10Na2O5S. The summed E-state index contributed by atoms with van der Waals surface area (Å²) in [4.78, 5) is 0. The van der Waals surface area contributed by atoms with E-state index in [1.54, 1.807) is 0 Å². The second kappa shape index (κ2) is 15.3. The Balaban J connectivity index is -0.0000000457. The fourth-order valence-electron chi connectivity index (χ4n) is 0.204. The van der Waals surface area contributed by atoms with Crippen molar-refractivity contribution in [3.8, 4) is 0 Å². The molecule has 64 valence electrons.